The second-order valence-electron chi connectivity index (χ2n) is 8.72. The van der Waals surface area contributed by atoms with Crippen molar-refractivity contribution in [3.05, 3.63) is 44.7 Å². The smallest absolute Gasteiger partial charge is 0.267 e. The third kappa shape index (κ3) is 4.15. The minimum atomic E-state index is -0.157. The zero-order chi connectivity index (χ0) is 22.3. The van der Waals surface area contributed by atoms with Gasteiger partial charge in [0.15, 0.2) is 0 Å². The van der Waals surface area contributed by atoms with Crippen LogP contribution in [0.5, 0.6) is 0 Å². The van der Waals surface area contributed by atoms with Crippen LogP contribution in [0.3, 0.4) is 0 Å². The molecule has 31 heavy (non-hydrogen) atoms. The summed E-state index contributed by atoms with van der Waals surface area (Å²) < 4.78 is 2.12. The van der Waals surface area contributed by atoms with Crippen LogP contribution in [0.2, 0.25) is 0 Å². The summed E-state index contributed by atoms with van der Waals surface area (Å²) in [4.78, 5) is 35.8. The Bertz CT molecular complexity index is 1130. The van der Waals surface area contributed by atoms with Gasteiger partial charge in [-0.1, -0.05) is 50.8 Å². The van der Waals surface area contributed by atoms with Gasteiger partial charge < -0.3 is 4.90 Å². The van der Waals surface area contributed by atoms with Gasteiger partial charge in [0, 0.05) is 25.8 Å². The first-order chi connectivity index (χ1) is 14.8. The van der Waals surface area contributed by atoms with Crippen molar-refractivity contribution in [3.8, 4) is 0 Å². The van der Waals surface area contributed by atoms with E-state index in [0.717, 1.165) is 31.5 Å². The van der Waals surface area contributed by atoms with Gasteiger partial charge in [-0.05, 0) is 49.3 Å². The molecule has 0 aliphatic carbocycles. The Morgan fingerprint density at radius 1 is 1.26 bits per heavy atom. The fourth-order valence-corrected chi connectivity index (χ4v) is 5.84. The zero-order valence-electron chi connectivity index (χ0n) is 18.4. The third-order valence-corrected chi connectivity index (χ3v) is 7.21. The van der Waals surface area contributed by atoms with Gasteiger partial charge in [0.1, 0.15) is 15.8 Å². The van der Waals surface area contributed by atoms with E-state index in [1.54, 1.807) is 21.6 Å². The maximum absolute atomic E-state index is 13.6. The molecule has 0 N–H and O–H groups in total. The number of thioether (sulfide) groups is 1. The van der Waals surface area contributed by atoms with Gasteiger partial charge in [-0.3, -0.25) is 18.9 Å². The number of rotatable bonds is 4. The van der Waals surface area contributed by atoms with Crippen LogP contribution in [0.15, 0.2) is 28.0 Å². The standard InChI is InChI=1S/C23H28N4O2S2/c1-5-8-27-22(29)18(31-23(27)30)11-17-20(25-12-14(2)10-15(3)13-25)24-19-16(4)7-6-9-26(19)21(17)28/h6-7,9,11,14-15H,5,8,10,12-13H2,1-4H3/b18-11+. The summed E-state index contributed by atoms with van der Waals surface area (Å²) in [5.41, 5.74) is 1.90. The van der Waals surface area contributed by atoms with E-state index in [0.29, 0.717) is 44.6 Å². The average Bonchev–Trinajstić information content (AvgIpc) is 2.97. The lowest BCUT2D eigenvalue weighted by Gasteiger charge is -2.36. The van der Waals surface area contributed by atoms with Crippen LogP contribution in [-0.2, 0) is 4.79 Å². The van der Waals surface area contributed by atoms with Crippen molar-refractivity contribution < 1.29 is 4.79 Å². The number of nitrogens with zero attached hydrogens (tertiary/aromatic N) is 4. The highest BCUT2D eigenvalue weighted by molar-refractivity contribution is 8.26. The number of anilines is 1. The number of hydrogen-bond donors (Lipinski definition) is 0. The molecule has 4 heterocycles. The van der Waals surface area contributed by atoms with E-state index in [2.05, 4.69) is 18.7 Å². The maximum atomic E-state index is 13.6. The molecule has 2 fully saturated rings. The van der Waals surface area contributed by atoms with Gasteiger partial charge in [0.25, 0.3) is 11.5 Å². The Morgan fingerprint density at radius 2 is 1.97 bits per heavy atom. The van der Waals surface area contributed by atoms with E-state index in [-0.39, 0.29) is 11.5 Å². The Hall–Kier alpha value is -2.19. The number of fused-ring (bicyclic) bond motifs is 1. The first-order valence-corrected chi connectivity index (χ1v) is 12.0. The highest BCUT2D eigenvalue weighted by atomic mass is 32.2. The lowest BCUT2D eigenvalue weighted by molar-refractivity contribution is -0.122. The zero-order valence-corrected chi connectivity index (χ0v) is 20.1. The van der Waals surface area contributed by atoms with E-state index in [9.17, 15) is 9.59 Å². The van der Waals surface area contributed by atoms with E-state index in [1.165, 1.54) is 11.8 Å². The highest BCUT2D eigenvalue weighted by Crippen LogP contribution is 2.34. The molecule has 0 saturated carbocycles. The lowest BCUT2D eigenvalue weighted by Crippen LogP contribution is -2.40. The molecule has 6 nitrogen and oxygen atoms in total. The topological polar surface area (TPSA) is 57.9 Å². The normalized spacial score (nSPS) is 23.4. The molecule has 2 saturated heterocycles. The second-order valence-corrected chi connectivity index (χ2v) is 10.4. The molecule has 1 amide bonds. The molecule has 164 valence electrons. The number of aryl methyl sites for hydroxylation is 1. The number of hydrogen-bond acceptors (Lipinski definition) is 6. The molecule has 2 aliphatic heterocycles. The van der Waals surface area contributed by atoms with E-state index >= 15 is 0 Å². The van der Waals surface area contributed by atoms with E-state index in [4.69, 9.17) is 17.2 Å². The van der Waals surface area contributed by atoms with Crippen molar-refractivity contribution in [1.29, 1.82) is 0 Å². The van der Waals surface area contributed by atoms with Crippen molar-refractivity contribution >= 4 is 51.7 Å². The van der Waals surface area contributed by atoms with Crippen LogP contribution in [0.25, 0.3) is 11.7 Å². The molecule has 2 aliphatic rings. The van der Waals surface area contributed by atoms with Gasteiger partial charge in [0.2, 0.25) is 0 Å². The predicted octanol–water partition coefficient (Wildman–Crippen LogP) is 4.10. The molecule has 2 aromatic rings. The van der Waals surface area contributed by atoms with Crippen molar-refractivity contribution in [2.24, 2.45) is 11.8 Å². The van der Waals surface area contributed by atoms with E-state index in [1.807, 2.05) is 26.0 Å². The van der Waals surface area contributed by atoms with Gasteiger partial charge in [0.05, 0.1) is 10.5 Å². The predicted molar refractivity (Wildman–Crippen MR) is 132 cm³/mol. The SMILES string of the molecule is CCCN1C(=O)/C(=C\c2c(N3CC(C)CC(C)C3)nc3c(C)cccn3c2=O)SC1=S. The summed E-state index contributed by atoms with van der Waals surface area (Å²) in [6.07, 6.45) is 5.43. The Balaban J connectivity index is 1.89. The summed E-state index contributed by atoms with van der Waals surface area (Å²) >= 11 is 6.67. The van der Waals surface area contributed by atoms with Gasteiger partial charge in [-0.2, -0.15) is 0 Å². The number of thiocarbonyl (C=S) groups is 1. The minimum absolute atomic E-state index is 0.128. The maximum Gasteiger partial charge on any atom is 0.267 e. The molecule has 0 spiro atoms. The van der Waals surface area contributed by atoms with Crippen molar-refractivity contribution in [2.45, 2.75) is 40.5 Å². The summed E-state index contributed by atoms with van der Waals surface area (Å²) in [6, 6.07) is 3.81. The fourth-order valence-electron chi connectivity index (χ4n) is 4.55. The summed E-state index contributed by atoms with van der Waals surface area (Å²) in [6.45, 7) is 10.7. The van der Waals surface area contributed by atoms with Crippen LogP contribution in [0.4, 0.5) is 5.82 Å². The van der Waals surface area contributed by atoms with Crippen molar-refractivity contribution in [2.75, 3.05) is 24.5 Å². The molecule has 0 bridgehead atoms. The Morgan fingerprint density at radius 3 is 2.65 bits per heavy atom. The molecule has 2 aromatic heterocycles. The fraction of sp³-hybridized carbons (Fsp3) is 0.478. The second kappa shape index (κ2) is 8.74. The summed E-state index contributed by atoms with van der Waals surface area (Å²) in [5, 5.41) is 0. The molecular weight excluding hydrogens is 428 g/mol. The number of amides is 1. The average molecular weight is 457 g/mol. The van der Waals surface area contributed by atoms with Gasteiger partial charge in [-0.25, -0.2) is 4.98 Å². The first-order valence-electron chi connectivity index (χ1n) is 10.8. The molecule has 8 heteroatoms. The van der Waals surface area contributed by atoms with Gasteiger partial charge >= 0.3 is 0 Å². The highest BCUT2D eigenvalue weighted by Gasteiger charge is 2.33. The van der Waals surface area contributed by atoms with Crippen LogP contribution >= 0.6 is 24.0 Å². The molecule has 2 unspecified atom stereocenters. The number of pyridine rings is 1. The minimum Gasteiger partial charge on any atom is -0.355 e. The number of carbonyl (C=O) groups is 1. The van der Waals surface area contributed by atoms with Crippen molar-refractivity contribution in [3.63, 3.8) is 0 Å². The monoisotopic (exact) mass is 456 g/mol. The number of carbonyl (C=O) groups excluding carboxylic acids is 1. The van der Waals surface area contributed by atoms with Crippen LogP contribution in [0, 0.1) is 18.8 Å². The molecule has 4 rings (SSSR count). The van der Waals surface area contributed by atoms with Crippen LogP contribution in [0.1, 0.15) is 44.7 Å². The van der Waals surface area contributed by atoms with Crippen molar-refractivity contribution in [1.82, 2.24) is 14.3 Å². The number of piperidine rings is 1. The molecule has 2 atom stereocenters. The lowest BCUT2D eigenvalue weighted by atomic mass is 9.91. The Kier molecular flexibility index (Phi) is 6.21. The van der Waals surface area contributed by atoms with Crippen LogP contribution in [-0.4, -0.2) is 44.1 Å². The Labute approximate surface area is 192 Å². The summed E-state index contributed by atoms with van der Waals surface area (Å²) in [5.74, 6) is 1.56. The van der Waals surface area contributed by atoms with Gasteiger partial charge in [-0.15, -0.1) is 0 Å². The molecule has 0 radical (unpaired) electrons. The summed E-state index contributed by atoms with van der Waals surface area (Å²) in [7, 11) is 0. The number of aromatic nitrogens is 2. The molecular formula is C23H28N4O2S2. The quantitative estimate of drug-likeness (QED) is 0.510. The first kappa shape index (κ1) is 22.0. The van der Waals surface area contributed by atoms with Crippen LogP contribution < -0.4 is 10.5 Å². The third-order valence-electron chi connectivity index (χ3n) is 5.83. The van der Waals surface area contributed by atoms with E-state index < -0.39 is 0 Å². The molecule has 0 aromatic carbocycles. The largest absolute Gasteiger partial charge is 0.355 e.